The molecule has 9 rings (SSSR count). The molecule has 0 aliphatic carbocycles. The van der Waals surface area contributed by atoms with Crippen molar-refractivity contribution in [2.75, 3.05) is 52.9 Å². The number of allylic oxidation sites excluding steroid dienone is 4. The maximum absolute atomic E-state index is 6.27. The Balaban J connectivity index is 1.12. The third kappa shape index (κ3) is 11.1. The second-order valence-corrected chi connectivity index (χ2v) is 17.0. The van der Waals surface area contributed by atoms with Crippen molar-refractivity contribution in [3.8, 4) is 23.0 Å². The van der Waals surface area contributed by atoms with E-state index in [1.54, 1.807) is 0 Å². The highest BCUT2D eigenvalue weighted by Crippen LogP contribution is 2.41. The highest BCUT2D eigenvalue weighted by atomic mass is 16.6. The molecule has 5 aromatic rings. The molecule has 5 atom stereocenters. The first kappa shape index (κ1) is 43.4. The molecule has 5 aromatic carbocycles. The van der Waals surface area contributed by atoms with E-state index in [-0.39, 0.29) is 36.3 Å². The van der Waals surface area contributed by atoms with Gasteiger partial charge in [0.15, 0.2) is 0 Å². The first-order valence-corrected chi connectivity index (χ1v) is 22.5. The minimum atomic E-state index is -0.0987. The topological polar surface area (TPSA) is 87.0 Å². The van der Waals surface area contributed by atoms with Gasteiger partial charge in [0, 0.05) is 11.8 Å². The van der Waals surface area contributed by atoms with E-state index in [1.807, 2.05) is 24.3 Å². The Morgan fingerprint density at radius 1 is 0.375 bits per heavy atom. The monoisotopic (exact) mass is 858 g/mol. The quantitative estimate of drug-likeness (QED) is 0.0309. The molecule has 0 N–H and O–H groups in total. The van der Waals surface area contributed by atoms with Gasteiger partial charge in [-0.1, -0.05) is 97.1 Å². The van der Waals surface area contributed by atoms with Crippen LogP contribution in [0.15, 0.2) is 148 Å². The van der Waals surface area contributed by atoms with Crippen LogP contribution in [-0.2, 0) is 44.6 Å². The van der Waals surface area contributed by atoms with Crippen molar-refractivity contribution in [2.45, 2.75) is 61.9 Å². The summed E-state index contributed by atoms with van der Waals surface area (Å²) in [4.78, 5) is 0. The van der Waals surface area contributed by atoms with Gasteiger partial charge in [-0.25, -0.2) is 0 Å². The third-order valence-electron chi connectivity index (χ3n) is 12.0. The maximum atomic E-state index is 6.27. The van der Waals surface area contributed by atoms with Crippen LogP contribution in [0.2, 0.25) is 0 Å². The van der Waals surface area contributed by atoms with Gasteiger partial charge in [-0.05, 0) is 106 Å². The summed E-state index contributed by atoms with van der Waals surface area (Å²) in [5.41, 5.74) is 11.3. The Kier molecular flexibility index (Phi) is 13.7. The van der Waals surface area contributed by atoms with Crippen LogP contribution in [0.5, 0.6) is 23.0 Å². The molecule has 8 heteroatoms. The van der Waals surface area contributed by atoms with E-state index < -0.39 is 0 Å². The van der Waals surface area contributed by atoms with Crippen molar-refractivity contribution >= 4 is 0 Å². The lowest BCUT2D eigenvalue weighted by Crippen LogP contribution is -2.11. The standard InChI is InChI=1S/C56H58O8/c1-5-9-39-25-43(17-21-51(39)61-33-47-29-57-47)55(44-18-22-52(40(26-44)10-6-2)62-34-48-30-58-48)37-13-15-38(16-14-37)56(45-19-23-53(41(27-45)11-7-3)63-35-49-31-59-49)46-20-24-54(42(28-46)12-8-4)64-36-50-32-60-50/h5-8,13-28,47-50,55-56H,1-4,9-12,29-36H2/t47-,48?,49?,50?,55?,56?/m0/s1. The molecule has 0 bridgehead atoms. The first-order chi connectivity index (χ1) is 31.5. The molecule has 4 saturated heterocycles. The van der Waals surface area contributed by atoms with Crippen LogP contribution in [0, 0.1) is 0 Å². The fourth-order valence-corrected chi connectivity index (χ4v) is 8.36. The van der Waals surface area contributed by atoms with Gasteiger partial charge in [0.1, 0.15) is 73.8 Å². The lowest BCUT2D eigenvalue weighted by atomic mass is 9.80. The lowest BCUT2D eigenvalue weighted by molar-refractivity contribution is 0.261. The van der Waals surface area contributed by atoms with Gasteiger partial charge >= 0.3 is 0 Å². The Morgan fingerprint density at radius 2 is 0.594 bits per heavy atom. The van der Waals surface area contributed by atoms with Gasteiger partial charge in [0.25, 0.3) is 0 Å². The van der Waals surface area contributed by atoms with Crippen molar-refractivity contribution < 1.29 is 37.9 Å². The van der Waals surface area contributed by atoms with Gasteiger partial charge in [-0.15, -0.1) is 26.3 Å². The van der Waals surface area contributed by atoms with E-state index in [0.29, 0.717) is 52.1 Å². The lowest BCUT2D eigenvalue weighted by Gasteiger charge is -2.25. The summed E-state index contributed by atoms with van der Waals surface area (Å²) in [6.07, 6.45) is 11.1. The molecule has 4 unspecified atom stereocenters. The highest BCUT2D eigenvalue weighted by molar-refractivity contribution is 5.54. The molecule has 0 aromatic heterocycles. The van der Waals surface area contributed by atoms with Gasteiger partial charge < -0.3 is 37.9 Å². The molecule has 64 heavy (non-hydrogen) atoms. The van der Waals surface area contributed by atoms with Gasteiger partial charge in [-0.2, -0.15) is 0 Å². The van der Waals surface area contributed by atoms with Gasteiger partial charge in [0.05, 0.1) is 26.4 Å². The van der Waals surface area contributed by atoms with Crippen LogP contribution in [0.25, 0.3) is 0 Å². The summed E-state index contributed by atoms with van der Waals surface area (Å²) < 4.78 is 46.9. The van der Waals surface area contributed by atoms with Crippen LogP contribution in [-0.4, -0.2) is 77.3 Å². The van der Waals surface area contributed by atoms with E-state index in [2.05, 4.69) is 123 Å². The van der Waals surface area contributed by atoms with E-state index in [1.165, 1.54) is 0 Å². The Labute approximate surface area is 377 Å². The van der Waals surface area contributed by atoms with Crippen molar-refractivity contribution in [3.63, 3.8) is 0 Å². The van der Waals surface area contributed by atoms with E-state index >= 15 is 0 Å². The van der Waals surface area contributed by atoms with E-state index in [9.17, 15) is 0 Å². The molecular formula is C56H58O8. The second kappa shape index (κ2) is 20.3. The average molecular weight is 859 g/mol. The largest absolute Gasteiger partial charge is 0.490 e. The molecule has 330 valence electrons. The zero-order chi connectivity index (χ0) is 43.8. The number of epoxide rings is 4. The average Bonchev–Trinajstić information content (AvgIpc) is 4.08. The smallest absolute Gasteiger partial charge is 0.122 e. The number of rotatable bonds is 26. The molecule has 8 nitrogen and oxygen atoms in total. The minimum absolute atomic E-state index is 0.0987. The van der Waals surface area contributed by atoms with Crippen molar-refractivity contribution in [3.05, 3.63) is 203 Å². The fourth-order valence-electron chi connectivity index (χ4n) is 8.36. The van der Waals surface area contributed by atoms with Crippen molar-refractivity contribution in [2.24, 2.45) is 0 Å². The SMILES string of the molecule is C=CCc1cc(C(c2ccc(C(c3ccc(OCC4CO4)c(CC=C)c3)c3ccc(OC[C@@H]4CO4)c(CC=C)c3)cc2)c2ccc(OCC3CO3)c(CC=C)c2)ccc1OCC1CO1. The van der Waals surface area contributed by atoms with E-state index in [0.717, 1.165) is 105 Å². The molecule has 4 heterocycles. The van der Waals surface area contributed by atoms with E-state index in [4.69, 9.17) is 37.9 Å². The second-order valence-electron chi connectivity index (χ2n) is 17.0. The van der Waals surface area contributed by atoms with Crippen LogP contribution < -0.4 is 18.9 Å². The number of benzene rings is 5. The summed E-state index contributed by atoms with van der Waals surface area (Å²) >= 11 is 0. The Bertz CT molecular complexity index is 2120. The molecule has 4 aliphatic heterocycles. The molecule has 4 fully saturated rings. The summed E-state index contributed by atoms with van der Waals surface area (Å²) in [5.74, 6) is 3.23. The number of ether oxygens (including phenoxy) is 8. The molecule has 0 amide bonds. The zero-order valence-corrected chi connectivity index (χ0v) is 36.6. The Morgan fingerprint density at radius 3 is 0.797 bits per heavy atom. The minimum Gasteiger partial charge on any atom is -0.490 e. The Hall–Kier alpha value is -5.90. The van der Waals surface area contributed by atoms with Crippen molar-refractivity contribution in [1.82, 2.24) is 0 Å². The van der Waals surface area contributed by atoms with Gasteiger partial charge in [-0.3, -0.25) is 0 Å². The first-order valence-electron chi connectivity index (χ1n) is 22.5. The van der Waals surface area contributed by atoms with Crippen LogP contribution in [0.1, 0.15) is 67.5 Å². The molecule has 0 spiro atoms. The molecule has 4 aliphatic rings. The van der Waals surface area contributed by atoms with Crippen LogP contribution in [0.3, 0.4) is 0 Å². The number of hydrogen-bond acceptors (Lipinski definition) is 8. The summed E-state index contributed by atoms with van der Waals surface area (Å²) in [6.45, 7) is 21.4. The predicted molar refractivity (Wildman–Crippen MR) is 251 cm³/mol. The third-order valence-corrected chi connectivity index (χ3v) is 12.0. The van der Waals surface area contributed by atoms with Crippen molar-refractivity contribution in [1.29, 1.82) is 0 Å². The molecular weight excluding hydrogens is 801 g/mol. The summed E-state index contributed by atoms with van der Waals surface area (Å²) in [7, 11) is 0. The summed E-state index contributed by atoms with van der Waals surface area (Å²) in [5, 5.41) is 0. The number of hydrogen-bond donors (Lipinski definition) is 0. The van der Waals surface area contributed by atoms with Gasteiger partial charge in [0.2, 0.25) is 0 Å². The molecule has 0 saturated carbocycles. The summed E-state index contributed by atoms with van der Waals surface area (Å²) in [6, 6.07) is 35.4. The fraction of sp³-hybridized carbons (Fsp3) is 0.321. The zero-order valence-electron chi connectivity index (χ0n) is 36.6. The van der Waals surface area contributed by atoms with Crippen LogP contribution >= 0.6 is 0 Å². The predicted octanol–water partition coefficient (Wildman–Crippen LogP) is 10.1. The maximum Gasteiger partial charge on any atom is 0.122 e. The molecule has 0 radical (unpaired) electrons. The highest BCUT2D eigenvalue weighted by Gasteiger charge is 2.28. The van der Waals surface area contributed by atoms with Crippen LogP contribution in [0.4, 0.5) is 0 Å². The normalized spacial score (nSPS) is 20.0.